The van der Waals surface area contributed by atoms with Crippen molar-refractivity contribution in [1.29, 1.82) is 0 Å². The molecule has 0 unspecified atom stereocenters. The lowest BCUT2D eigenvalue weighted by atomic mass is 10.1. The van der Waals surface area contributed by atoms with Gasteiger partial charge in [0.1, 0.15) is 0 Å². The summed E-state index contributed by atoms with van der Waals surface area (Å²) >= 11 is 0. The maximum Gasteiger partial charge on any atom is 0.274 e. The van der Waals surface area contributed by atoms with E-state index in [1.165, 1.54) is 5.69 Å². The fraction of sp³-hybridized carbons (Fsp3) is 0.474. The van der Waals surface area contributed by atoms with E-state index in [1.807, 2.05) is 53.8 Å². The molecule has 5 heteroatoms. The molecule has 2 aliphatic rings. The number of aromatic nitrogens is 2. The van der Waals surface area contributed by atoms with E-state index in [0.717, 1.165) is 30.5 Å². The number of carbonyl (C=O) groups is 1. The largest absolute Gasteiger partial charge is 0.372 e. The lowest BCUT2D eigenvalue weighted by molar-refractivity contribution is -0.0587. The van der Waals surface area contributed by atoms with Gasteiger partial charge in [0.05, 0.1) is 17.9 Å². The van der Waals surface area contributed by atoms with Gasteiger partial charge >= 0.3 is 0 Å². The molecular formula is C19H23N3O2. The minimum Gasteiger partial charge on any atom is -0.372 e. The van der Waals surface area contributed by atoms with Gasteiger partial charge in [0.25, 0.3) is 5.91 Å². The summed E-state index contributed by atoms with van der Waals surface area (Å²) in [7, 11) is 0. The highest BCUT2D eigenvalue weighted by molar-refractivity contribution is 5.94. The van der Waals surface area contributed by atoms with Crippen molar-refractivity contribution >= 4 is 5.91 Å². The Morgan fingerprint density at radius 2 is 1.83 bits per heavy atom. The lowest BCUT2D eigenvalue weighted by Crippen LogP contribution is -2.48. The van der Waals surface area contributed by atoms with E-state index >= 15 is 0 Å². The normalized spacial score (nSPS) is 23.3. The molecule has 2 aromatic rings. The molecule has 1 aromatic heterocycles. The monoisotopic (exact) mass is 325 g/mol. The second-order valence-electron chi connectivity index (χ2n) is 6.84. The van der Waals surface area contributed by atoms with E-state index in [9.17, 15) is 4.79 Å². The minimum absolute atomic E-state index is 0.0461. The molecule has 0 bridgehead atoms. The predicted octanol–water partition coefficient (Wildman–Crippen LogP) is 2.61. The Labute approximate surface area is 142 Å². The third-order valence-corrected chi connectivity index (χ3v) is 4.84. The lowest BCUT2D eigenvalue weighted by Gasteiger charge is -2.35. The highest BCUT2D eigenvalue weighted by atomic mass is 16.5. The van der Waals surface area contributed by atoms with Crippen LogP contribution in [-0.2, 0) is 17.6 Å². The Morgan fingerprint density at radius 1 is 1.12 bits per heavy atom. The zero-order chi connectivity index (χ0) is 16.7. The van der Waals surface area contributed by atoms with Gasteiger partial charge in [-0.15, -0.1) is 0 Å². The first-order valence-electron chi connectivity index (χ1n) is 8.74. The summed E-state index contributed by atoms with van der Waals surface area (Å²) in [6, 6.07) is 10.1. The molecule has 5 nitrogen and oxygen atoms in total. The number of benzene rings is 1. The first kappa shape index (κ1) is 15.4. The Balaban J connectivity index is 1.70. The van der Waals surface area contributed by atoms with Crippen LogP contribution in [0.1, 0.15) is 42.0 Å². The van der Waals surface area contributed by atoms with Crippen LogP contribution in [0.25, 0.3) is 5.69 Å². The van der Waals surface area contributed by atoms with Gasteiger partial charge in [-0.25, -0.2) is 4.68 Å². The van der Waals surface area contributed by atoms with E-state index in [4.69, 9.17) is 9.84 Å². The second-order valence-corrected chi connectivity index (χ2v) is 6.84. The van der Waals surface area contributed by atoms with Crippen LogP contribution in [0.4, 0.5) is 0 Å². The Kier molecular flexibility index (Phi) is 3.88. The highest BCUT2D eigenvalue weighted by Crippen LogP contribution is 2.29. The van der Waals surface area contributed by atoms with Crippen molar-refractivity contribution in [2.24, 2.45) is 0 Å². The fourth-order valence-electron chi connectivity index (χ4n) is 3.89. The summed E-state index contributed by atoms with van der Waals surface area (Å²) in [4.78, 5) is 15.0. The standard InChI is InChI=1S/C19H23N3O2/c1-13-11-21(12-14(2)24-13)19(23)18-16-9-6-10-17(16)22(20-18)15-7-4-3-5-8-15/h3-5,7-8,13-14H,6,9-12H2,1-2H3/t13-,14-/m0/s1. The van der Waals surface area contributed by atoms with E-state index in [0.29, 0.717) is 18.8 Å². The van der Waals surface area contributed by atoms with Crippen LogP contribution in [0.15, 0.2) is 30.3 Å². The van der Waals surface area contributed by atoms with Crippen molar-refractivity contribution in [2.75, 3.05) is 13.1 Å². The third kappa shape index (κ3) is 2.63. The molecule has 0 saturated carbocycles. The Morgan fingerprint density at radius 3 is 2.54 bits per heavy atom. The maximum atomic E-state index is 13.1. The van der Waals surface area contributed by atoms with Gasteiger partial charge in [0.15, 0.2) is 5.69 Å². The molecule has 1 aliphatic carbocycles. The SMILES string of the molecule is C[C@H]1CN(C(=O)c2nn(-c3ccccc3)c3c2CCC3)C[C@H](C)O1. The highest BCUT2D eigenvalue weighted by Gasteiger charge is 2.32. The summed E-state index contributed by atoms with van der Waals surface area (Å²) in [6.07, 6.45) is 3.17. The molecule has 1 aliphatic heterocycles. The molecule has 1 aromatic carbocycles. The van der Waals surface area contributed by atoms with Gasteiger partial charge in [-0.3, -0.25) is 4.79 Å². The average Bonchev–Trinajstić information content (AvgIpc) is 3.16. The molecule has 126 valence electrons. The number of para-hydroxylation sites is 1. The second kappa shape index (κ2) is 6.06. The summed E-state index contributed by atoms with van der Waals surface area (Å²) < 4.78 is 7.71. The number of hydrogen-bond acceptors (Lipinski definition) is 3. The maximum absolute atomic E-state index is 13.1. The number of rotatable bonds is 2. The van der Waals surface area contributed by atoms with E-state index in [2.05, 4.69) is 0 Å². The summed E-state index contributed by atoms with van der Waals surface area (Å²) in [5.74, 6) is 0.0461. The van der Waals surface area contributed by atoms with Gasteiger partial charge in [0.2, 0.25) is 0 Å². The molecule has 1 amide bonds. The van der Waals surface area contributed by atoms with Crippen molar-refractivity contribution < 1.29 is 9.53 Å². The Bertz CT molecular complexity index is 743. The molecule has 1 fully saturated rings. The van der Waals surface area contributed by atoms with Crippen molar-refractivity contribution in [2.45, 2.75) is 45.3 Å². The quantitative estimate of drug-likeness (QED) is 0.853. The molecule has 0 radical (unpaired) electrons. The first-order chi connectivity index (χ1) is 11.6. The van der Waals surface area contributed by atoms with Crippen LogP contribution in [-0.4, -0.2) is 45.9 Å². The molecule has 24 heavy (non-hydrogen) atoms. The molecule has 2 atom stereocenters. The fourth-order valence-corrected chi connectivity index (χ4v) is 3.89. The average molecular weight is 325 g/mol. The smallest absolute Gasteiger partial charge is 0.274 e. The summed E-state index contributed by atoms with van der Waals surface area (Å²) in [6.45, 7) is 5.30. The van der Waals surface area contributed by atoms with Crippen molar-refractivity contribution in [3.63, 3.8) is 0 Å². The van der Waals surface area contributed by atoms with E-state index in [1.54, 1.807) is 0 Å². The summed E-state index contributed by atoms with van der Waals surface area (Å²) in [5, 5.41) is 4.71. The topological polar surface area (TPSA) is 47.4 Å². The van der Waals surface area contributed by atoms with Gasteiger partial charge in [-0.2, -0.15) is 5.10 Å². The van der Waals surface area contributed by atoms with Gasteiger partial charge in [-0.05, 0) is 45.2 Å². The molecule has 0 spiro atoms. The van der Waals surface area contributed by atoms with Crippen molar-refractivity contribution in [1.82, 2.24) is 14.7 Å². The number of fused-ring (bicyclic) bond motifs is 1. The van der Waals surface area contributed by atoms with Gasteiger partial charge in [0, 0.05) is 24.3 Å². The number of morpholine rings is 1. The zero-order valence-corrected chi connectivity index (χ0v) is 14.2. The van der Waals surface area contributed by atoms with E-state index < -0.39 is 0 Å². The van der Waals surface area contributed by atoms with Crippen LogP contribution in [0.3, 0.4) is 0 Å². The number of amides is 1. The number of nitrogens with zero attached hydrogens (tertiary/aromatic N) is 3. The number of carbonyl (C=O) groups excluding carboxylic acids is 1. The predicted molar refractivity (Wildman–Crippen MR) is 91.5 cm³/mol. The molecule has 4 rings (SSSR count). The summed E-state index contributed by atoms with van der Waals surface area (Å²) in [5.41, 5.74) is 3.99. The third-order valence-electron chi connectivity index (χ3n) is 4.84. The van der Waals surface area contributed by atoms with Crippen molar-refractivity contribution in [3.8, 4) is 5.69 Å². The molecule has 2 heterocycles. The molecular weight excluding hydrogens is 302 g/mol. The van der Waals surface area contributed by atoms with Crippen LogP contribution >= 0.6 is 0 Å². The zero-order valence-electron chi connectivity index (χ0n) is 14.2. The number of ether oxygens (including phenoxy) is 1. The molecule has 1 saturated heterocycles. The van der Waals surface area contributed by atoms with Crippen LogP contribution in [0.5, 0.6) is 0 Å². The van der Waals surface area contributed by atoms with Gasteiger partial charge in [-0.1, -0.05) is 18.2 Å². The number of hydrogen-bond donors (Lipinski definition) is 0. The van der Waals surface area contributed by atoms with Crippen LogP contribution < -0.4 is 0 Å². The minimum atomic E-state index is 0.0461. The van der Waals surface area contributed by atoms with Crippen LogP contribution in [0, 0.1) is 0 Å². The first-order valence-corrected chi connectivity index (χ1v) is 8.74. The Hall–Kier alpha value is -2.14. The van der Waals surface area contributed by atoms with E-state index in [-0.39, 0.29) is 18.1 Å². The van der Waals surface area contributed by atoms with Gasteiger partial charge < -0.3 is 9.64 Å². The molecule has 0 N–H and O–H groups in total. The van der Waals surface area contributed by atoms with Crippen molar-refractivity contribution in [3.05, 3.63) is 47.3 Å². The van der Waals surface area contributed by atoms with Crippen LogP contribution in [0.2, 0.25) is 0 Å².